The van der Waals surface area contributed by atoms with Crippen LogP contribution in [0, 0.1) is 0 Å². The van der Waals surface area contributed by atoms with Crippen LogP contribution in [0.25, 0.3) is 0 Å². The first-order valence-corrected chi connectivity index (χ1v) is 7.36. The fourth-order valence-electron chi connectivity index (χ4n) is 2.07. The molecule has 8 nitrogen and oxygen atoms in total. The number of carboxylic acids is 1. The molecule has 0 aromatic carbocycles. The van der Waals surface area contributed by atoms with Gasteiger partial charge in [0.15, 0.2) is 5.82 Å². The lowest BCUT2D eigenvalue weighted by molar-refractivity contribution is -0.141. The zero-order valence-corrected chi connectivity index (χ0v) is 12.1. The summed E-state index contributed by atoms with van der Waals surface area (Å²) in [6, 6.07) is -1.17. The van der Waals surface area contributed by atoms with Crippen molar-refractivity contribution in [3.8, 4) is 0 Å². The Morgan fingerprint density at radius 1 is 1.60 bits per heavy atom. The molecular weight excluding hydrogens is 282 g/mol. The smallest absolute Gasteiger partial charge is 0.327 e. The highest BCUT2D eigenvalue weighted by molar-refractivity contribution is 8.00. The van der Waals surface area contributed by atoms with Crippen molar-refractivity contribution >= 4 is 23.8 Å². The van der Waals surface area contributed by atoms with Crippen LogP contribution in [0.1, 0.15) is 19.7 Å². The van der Waals surface area contributed by atoms with Crippen molar-refractivity contribution < 1.29 is 14.7 Å². The third-order valence-corrected chi connectivity index (χ3v) is 4.39. The van der Waals surface area contributed by atoms with E-state index in [1.54, 1.807) is 6.33 Å². The normalized spacial score (nSPS) is 22.0. The Bertz CT molecular complexity index is 506. The molecule has 0 aliphatic carbocycles. The Balaban J connectivity index is 1.99. The number of rotatable bonds is 4. The molecule has 110 valence electrons. The topological polar surface area (TPSA) is 100 Å². The lowest BCUT2D eigenvalue weighted by Gasteiger charge is -2.25. The zero-order chi connectivity index (χ0) is 14.7. The predicted octanol–water partition coefficient (Wildman–Crippen LogP) is 0.356. The molecule has 2 N–H and O–H groups in total. The number of nitrogens with zero attached hydrogens (tertiary/aromatic N) is 4. The van der Waals surface area contributed by atoms with Gasteiger partial charge in [0.2, 0.25) is 0 Å². The predicted molar refractivity (Wildman–Crippen MR) is 73.1 cm³/mol. The molecule has 1 aromatic rings. The fourth-order valence-corrected chi connectivity index (χ4v) is 3.23. The number of carbonyl (C=O) groups is 2. The minimum absolute atomic E-state index is 0.153. The monoisotopic (exact) mass is 299 g/mol. The Labute approximate surface area is 120 Å². The average molecular weight is 299 g/mol. The van der Waals surface area contributed by atoms with Crippen molar-refractivity contribution in [2.75, 3.05) is 5.75 Å². The highest BCUT2D eigenvalue weighted by Crippen LogP contribution is 2.28. The summed E-state index contributed by atoms with van der Waals surface area (Å²) in [6.07, 6.45) is 1.59. The van der Waals surface area contributed by atoms with Crippen LogP contribution >= 0.6 is 11.8 Å². The van der Waals surface area contributed by atoms with E-state index in [2.05, 4.69) is 15.5 Å². The van der Waals surface area contributed by atoms with Gasteiger partial charge < -0.3 is 15.0 Å². The molecule has 1 aliphatic heterocycles. The molecule has 9 heteroatoms. The maximum absolute atomic E-state index is 12.1. The molecule has 1 saturated heterocycles. The van der Waals surface area contributed by atoms with Gasteiger partial charge in [0, 0.05) is 12.3 Å². The van der Waals surface area contributed by atoms with Gasteiger partial charge >= 0.3 is 12.0 Å². The first-order chi connectivity index (χ1) is 9.54. The van der Waals surface area contributed by atoms with Crippen LogP contribution in [0.5, 0.6) is 0 Å². The number of carboxylic acid groups (broad SMARTS) is 1. The Kier molecular flexibility index (Phi) is 4.48. The Hall–Kier alpha value is -1.77. The number of aryl methyl sites for hydroxylation is 1. The van der Waals surface area contributed by atoms with E-state index < -0.39 is 12.0 Å². The molecule has 0 saturated carbocycles. The number of hydrogen-bond donors (Lipinski definition) is 2. The van der Waals surface area contributed by atoms with Crippen LogP contribution in [0.4, 0.5) is 4.79 Å². The molecule has 2 heterocycles. The summed E-state index contributed by atoms with van der Waals surface area (Å²) in [7, 11) is 0. The van der Waals surface area contributed by atoms with Gasteiger partial charge in [-0.2, -0.15) is 0 Å². The van der Waals surface area contributed by atoms with Crippen molar-refractivity contribution in [2.24, 2.45) is 0 Å². The summed E-state index contributed by atoms with van der Waals surface area (Å²) in [5.74, 6) is 0.0793. The van der Waals surface area contributed by atoms with Crippen molar-refractivity contribution in [3.05, 3.63) is 12.2 Å². The van der Waals surface area contributed by atoms with Gasteiger partial charge in [-0.25, -0.2) is 9.59 Å². The molecule has 1 aliphatic rings. The number of thioether (sulfide) groups is 1. The van der Waals surface area contributed by atoms with E-state index in [4.69, 9.17) is 5.11 Å². The van der Waals surface area contributed by atoms with E-state index in [1.807, 2.05) is 18.4 Å². The maximum Gasteiger partial charge on any atom is 0.327 e. The van der Waals surface area contributed by atoms with Gasteiger partial charge in [0.25, 0.3) is 0 Å². The molecule has 20 heavy (non-hydrogen) atoms. The molecule has 0 radical (unpaired) electrons. The third-order valence-electron chi connectivity index (χ3n) is 3.18. The first kappa shape index (κ1) is 14.6. The quantitative estimate of drug-likeness (QED) is 0.832. The summed E-state index contributed by atoms with van der Waals surface area (Å²) in [4.78, 5) is 24.6. The lowest BCUT2D eigenvalue weighted by atomic mass is 10.3. The largest absolute Gasteiger partial charge is 0.480 e. The second kappa shape index (κ2) is 6.12. The SMILES string of the molecule is CCn1cnnc1CNC(=O)N1C(C)SCC1C(=O)O. The summed E-state index contributed by atoms with van der Waals surface area (Å²) in [6.45, 7) is 4.72. The van der Waals surface area contributed by atoms with Crippen LogP contribution in [0.15, 0.2) is 6.33 Å². The molecule has 2 atom stereocenters. The number of urea groups is 1. The molecule has 2 rings (SSSR count). The molecule has 0 bridgehead atoms. The average Bonchev–Trinajstić information content (AvgIpc) is 3.01. The first-order valence-electron chi connectivity index (χ1n) is 6.31. The third kappa shape index (κ3) is 2.87. The van der Waals surface area contributed by atoms with Gasteiger partial charge in [0.1, 0.15) is 12.4 Å². The van der Waals surface area contributed by atoms with Gasteiger partial charge in [-0.05, 0) is 13.8 Å². The number of aliphatic carboxylic acids is 1. The van der Waals surface area contributed by atoms with Crippen LogP contribution in [0.3, 0.4) is 0 Å². The van der Waals surface area contributed by atoms with Crippen molar-refractivity contribution in [3.63, 3.8) is 0 Å². The van der Waals surface area contributed by atoms with E-state index in [9.17, 15) is 9.59 Å². The van der Waals surface area contributed by atoms with Gasteiger partial charge in [0.05, 0.1) is 11.9 Å². The summed E-state index contributed by atoms with van der Waals surface area (Å²) >= 11 is 1.45. The zero-order valence-electron chi connectivity index (χ0n) is 11.3. The van der Waals surface area contributed by atoms with Gasteiger partial charge in [-0.15, -0.1) is 22.0 Å². The van der Waals surface area contributed by atoms with E-state index in [0.29, 0.717) is 18.1 Å². The molecule has 2 unspecified atom stereocenters. The highest BCUT2D eigenvalue weighted by atomic mass is 32.2. The number of aromatic nitrogens is 3. The maximum atomic E-state index is 12.1. The van der Waals surface area contributed by atoms with E-state index >= 15 is 0 Å². The minimum Gasteiger partial charge on any atom is -0.480 e. The lowest BCUT2D eigenvalue weighted by Crippen LogP contribution is -2.49. The fraction of sp³-hybridized carbons (Fsp3) is 0.636. The second-order valence-corrected chi connectivity index (χ2v) is 5.73. The minimum atomic E-state index is -0.978. The van der Waals surface area contributed by atoms with Crippen molar-refractivity contribution in [2.45, 2.75) is 38.4 Å². The molecule has 0 spiro atoms. The number of carbonyl (C=O) groups excluding carboxylic acids is 1. The Morgan fingerprint density at radius 2 is 2.35 bits per heavy atom. The molecule has 1 fully saturated rings. The summed E-state index contributed by atoms with van der Waals surface area (Å²) < 4.78 is 1.82. The molecular formula is C11H17N5O3S. The van der Waals surface area contributed by atoms with Crippen molar-refractivity contribution in [1.82, 2.24) is 25.0 Å². The van der Waals surface area contributed by atoms with E-state index in [0.717, 1.165) is 0 Å². The van der Waals surface area contributed by atoms with E-state index in [-0.39, 0.29) is 17.9 Å². The van der Waals surface area contributed by atoms with Gasteiger partial charge in [-0.3, -0.25) is 4.90 Å². The number of nitrogens with one attached hydrogen (secondary N) is 1. The summed E-state index contributed by atoms with van der Waals surface area (Å²) in [5.41, 5.74) is 0. The number of hydrogen-bond acceptors (Lipinski definition) is 5. The second-order valence-electron chi connectivity index (χ2n) is 4.39. The van der Waals surface area contributed by atoms with Gasteiger partial charge in [-0.1, -0.05) is 0 Å². The Morgan fingerprint density at radius 3 is 3.00 bits per heavy atom. The van der Waals surface area contributed by atoms with Crippen LogP contribution in [-0.2, 0) is 17.9 Å². The number of amides is 2. The van der Waals surface area contributed by atoms with Crippen molar-refractivity contribution in [1.29, 1.82) is 0 Å². The van der Waals surface area contributed by atoms with Crippen LogP contribution in [0.2, 0.25) is 0 Å². The highest BCUT2D eigenvalue weighted by Gasteiger charge is 2.39. The molecule has 1 aromatic heterocycles. The van der Waals surface area contributed by atoms with Crippen LogP contribution in [-0.4, -0.2) is 53.9 Å². The summed E-state index contributed by atoms with van der Waals surface area (Å²) in [5, 5.41) is 19.4. The standard InChI is InChI=1S/C11H17N5O3S/c1-3-15-6-13-14-9(15)4-12-11(19)16-7(2)20-5-8(16)10(17)18/h6-8H,3-5H2,1-2H3,(H,12,19)(H,17,18). The van der Waals surface area contributed by atoms with E-state index in [1.165, 1.54) is 16.7 Å². The molecule has 2 amide bonds. The van der Waals surface area contributed by atoms with Crippen LogP contribution < -0.4 is 5.32 Å².